The Bertz CT molecular complexity index is 948. The topological polar surface area (TPSA) is 122 Å². The number of nitrogens with two attached hydrogens (primary N) is 2. The highest BCUT2D eigenvalue weighted by molar-refractivity contribution is 6.02. The van der Waals surface area contributed by atoms with Crippen molar-refractivity contribution in [1.29, 1.82) is 0 Å². The van der Waals surface area contributed by atoms with E-state index in [-0.39, 0.29) is 42.5 Å². The van der Waals surface area contributed by atoms with Gasteiger partial charge in [-0.25, -0.2) is 0 Å². The average molecular weight is 422 g/mol. The van der Waals surface area contributed by atoms with Gasteiger partial charge in [0.2, 0.25) is 17.7 Å². The minimum absolute atomic E-state index is 0.0144. The van der Waals surface area contributed by atoms with Crippen LogP contribution < -0.4 is 16.4 Å². The number of hydrogen-bond acceptors (Lipinski definition) is 6. The van der Waals surface area contributed by atoms with Crippen molar-refractivity contribution >= 4 is 17.5 Å². The summed E-state index contributed by atoms with van der Waals surface area (Å²) in [5.74, 6) is -0.0562. The summed E-state index contributed by atoms with van der Waals surface area (Å²) in [6, 6.07) is 9.40. The molecule has 2 heterocycles. The molecular weight excluding hydrogens is 401 g/mol. The van der Waals surface area contributed by atoms with Gasteiger partial charge in [-0.3, -0.25) is 4.90 Å². The standard InChI is InChI=1S/C18H21F3N8O/c1-11(28(2)13-6-4-3-5-7-13)24-17(23)25-14(22)15-26-16(30-27-15)12-8-29(9-12)10-18(19,20)21/h3-7,12H,1,8-10H2,2H3,(H4,22,23,24,25). The Morgan fingerprint density at radius 2 is 1.93 bits per heavy atom. The van der Waals surface area contributed by atoms with E-state index >= 15 is 0 Å². The number of para-hydroxylation sites is 1. The first-order valence-corrected chi connectivity index (χ1v) is 8.91. The fourth-order valence-corrected chi connectivity index (χ4v) is 2.82. The van der Waals surface area contributed by atoms with Gasteiger partial charge in [0.25, 0.3) is 0 Å². The van der Waals surface area contributed by atoms with Crippen LogP contribution in [0.4, 0.5) is 18.9 Å². The number of amidine groups is 1. The maximum Gasteiger partial charge on any atom is 0.401 e. The van der Waals surface area contributed by atoms with E-state index in [9.17, 15) is 13.2 Å². The van der Waals surface area contributed by atoms with Crippen molar-refractivity contribution in [3.05, 3.63) is 54.4 Å². The Labute approximate surface area is 170 Å². The summed E-state index contributed by atoms with van der Waals surface area (Å²) in [6.07, 6.45) is -4.24. The average Bonchev–Trinajstić information content (AvgIpc) is 3.13. The quantitative estimate of drug-likeness (QED) is 0.536. The molecule has 0 aliphatic carbocycles. The number of rotatable bonds is 6. The monoisotopic (exact) mass is 422 g/mol. The molecule has 2 aromatic rings. The Kier molecular flexibility index (Phi) is 6.06. The molecule has 1 aliphatic heterocycles. The molecule has 1 aromatic heterocycles. The Morgan fingerprint density at radius 1 is 1.27 bits per heavy atom. The van der Waals surface area contributed by atoms with E-state index in [2.05, 4.69) is 26.7 Å². The maximum atomic E-state index is 12.4. The van der Waals surface area contributed by atoms with Gasteiger partial charge in [0.05, 0.1) is 12.5 Å². The van der Waals surface area contributed by atoms with Gasteiger partial charge in [-0.05, 0) is 12.1 Å². The van der Waals surface area contributed by atoms with Crippen LogP contribution in [0.1, 0.15) is 17.6 Å². The first-order valence-electron chi connectivity index (χ1n) is 8.91. The predicted octanol–water partition coefficient (Wildman–Crippen LogP) is 1.66. The van der Waals surface area contributed by atoms with Crippen LogP contribution in [0.5, 0.6) is 0 Å². The number of nitrogens with zero attached hydrogens (tertiary/aromatic N) is 6. The molecule has 1 saturated heterocycles. The number of guanidine groups is 1. The third kappa shape index (κ3) is 5.35. The number of alkyl halides is 3. The fraction of sp³-hybridized carbons (Fsp3) is 0.333. The Morgan fingerprint density at radius 3 is 2.57 bits per heavy atom. The Balaban J connectivity index is 1.60. The molecule has 1 aromatic carbocycles. The van der Waals surface area contributed by atoms with E-state index in [0.29, 0.717) is 5.82 Å². The molecular formula is C18H21F3N8O. The van der Waals surface area contributed by atoms with Crippen LogP contribution in [0, 0.1) is 0 Å². The number of aromatic nitrogens is 2. The van der Waals surface area contributed by atoms with Gasteiger partial charge in [-0.1, -0.05) is 29.9 Å². The zero-order valence-corrected chi connectivity index (χ0v) is 16.2. The molecule has 30 heavy (non-hydrogen) atoms. The highest BCUT2D eigenvalue weighted by atomic mass is 19.4. The SMILES string of the molecule is C=C(/N=C(N)\N=C(/N)c1noc(C2CN(CC(F)(F)F)C2)n1)N(C)c1ccccc1. The summed E-state index contributed by atoms with van der Waals surface area (Å²) in [7, 11) is 1.77. The van der Waals surface area contributed by atoms with Crippen molar-refractivity contribution in [3.63, 3.8) is 0 Å². The molecule has 12 heteroatoms. The molecule has 0 radical (unpaired) electrons. The molecule has 3 rings (SSSR count). The zero-order chi connectivity index (χ0) is 21.9. The lowest BCUT2D eigenvalue weighted by Gasteiger charge is -2.37. The lowest BCUT2D eigenvalue weighted by Crippen LogP contribution is -2.49. The summed E-state index contributed by atoms with van der Waals surface area (Å²) in [5, 5.41) is 3.71. The first kappa shape index (κ1) is 21.3. The van der Waals surface area contributed by atoms with Gasteiger partial charge in [0.15, 0.2) is 5.84 Å². The second-order valence-electron chi connectivity index (χ2n) is 6.74. The molecule has 1 aliphatic rings. The van der Waals surface area contributed by atoms with Gasteiger partial charge >= 0.3 is 6.18 Å². The van der Waals surface area contributed by atoms with Crippen LogP contribution in [0.2, 0.25) is 0 Å². The fourth-order valence-electron chi connectivity index (χ4n) is 2.82. The highest BCUT2D eigenvalue weighted by Crippen LogP contribution is 2.29. The number of aliphatic imine (C=N–C) groups is 2. The van der Waals surface area contributed by atoms with Crippen molar-refractivity contribution < 1.29 is 17.7 Å². The maximum absolute atomic E-state index is 12.4. The summed E-state index contributed by atoms with van der Waals surface area (Å²) < 4.78 is 42.2. The van der Waals surface area contributed by atoms with Gasteiger partial charge in [-0.2, -0.15) is 28.1 Å². The van der Waals surface area contributed by atoms with E-state index < -0.39 is 12.7 Å². The number of likely N-dealkylation sites (tertiary alicyclic amines) is 1. The first-order chi connectivity index (χ1) is 14.1. The minimum Gasteiger partial charge on any atom is -0.380 e. The van der Waals surface area contributed by atoms with Gasteiger partial charge < -0.3 is 20.9 Å². The second kappa shape index (κ2) is 8.53. The minimum atomic E-state index is -4.24. The van der Waals surface area contributed by atoms with Crippen molar-refractivity contribution in [1.82, 2.24) is 15.0 Å². The lowest BCUT2D eigenvalue weighted by atomic mass is 10.0. The van der Waals surface area contributed by atoms with Crippen LogP contribution in [0.15, 0.2) is 57.2 Å². The van der Waals surface area contributed by atoms with E-state index in [1.807, 2.05) is 30.3 Å². The van der Waals surface area contributed by atoms with Crippen LogP contribution in [0.25, 0.3) is 0 Å². The summed E-state index contributed by atoms with van der Waals surface area (Å²) in [5.41, 5.74) is 12.5. The molecule has 0 spiro atoms. The number of hydrogen-bond donors (Lipinski definition) is 2. The largest absolute Gasteiger partial charge is 0.401 e. The molecule has 0 amide bonds. The normalized spacial score (nSPS) is 16.4. The molecule has 0 saturated carbocycles. The summed E-state index contributed by atoms with van der Waals surface area (Å²) in [6.45, 7) is 3.22. The summed E-state index contributed by atoms with van der Waals surface area (Å²) >= 11 is 0. The number of anilines is 1. The molecule has 0 unspecified atom stereocenters. The van der Waals surface area contributed by atoms with Crippen molar-refractivity contribution in [2.75, 3.05) is 31.6 Å². The van der Waals surface area contributed by atoms with Crippen molar-refractivity contribution in [2.45, 2.75) is 12.1 Å². The van der Waals surface area contributed by atoms with E-state index in [4.69, 9.17) is 16.0 Å². The van der Waals surface area contributed by atoms with Gasteiger partial charge in [-0.15, -0.1) is 0 Å². The predicted molar refractivity (Wildman–Crippen MR) is 106 cm³/mol. The van der Waals surface area contributed by atoms with E-state index in [0.717, 1.165) is 5.69 Å². The molecule has 4 N–H and O–H groups in total. The lowest BCUT2D eigenvalue weighted by molar-refractivity contribution is -0.155. The third-order valence-corrected chi connectivity index (χ3v) is 4.39. The van der Waals surface area contributed by atoms with Crippen LogP contribution in [-0.4, -0.2) is 59.7 Å². The molecule has 160 valence electrons. The van der Waals surface area contributed by atoms with Crippen LogP contribution in [-0.2, 0) is 0 Å². The molecule has 0 bridgehead atoms. The van der Waals surface area contributed by atoms with E-state index in [1.54, 1.807) is 11.9 Å². The van der Waals surface area contributed by atoms with Crippen LogP contribution in [0.3, 0.4) is 0 Å². The second-order valence-corrected chi connectivity index (χ2v) is 6.74. The molecule has 0 atom stereocenters. The van der Waals surface area contributed by atoms with Crippen molar-refractivity contribution in [2.24, 2.45) is 21.5 Å². The smallest absolute Gasteiger partial charge is 0.380 e. The zero-order valence-electron chi connectivity index (χ0n) is 16.2. The molecule has 1 fully saturated rings. The third-order valence-electron chi connectivity index (χ3n) is 4.39. The number of benzene rings is 1. The number of halogens is 3. The highest BCUT2D eigenvalue weighted by Gasteiger charge is 2.39. The summed E-state index contributed by atoms with van der Waals surface area (Å²) in [4.78, 5) is 15.1. The van der Waals surface area contributed by atoms with Crippen molar-refractivity contribution in [3.8, 4) is 0 Å². The van der Waals surface area contributed by atoms with Gasteiger partial charge in [0.1, 0.15) is 5.82 Å². The van der Waals surface area contributed by atoms with E-state index in [1.165, 1.54) is 4.90 Å². The molecule has 9 nitrogen and oxygen atoms in total. The van der Waals surface area contributed by atoms with Gasteiger partial charge in [0, 0.05) is 25.8 Å². The Hall–Kier alpha value is -3.41. The van der Waals surface area contributed by atoms with Crippen LogP contribution >= 0.6 is 0 Å².